The topological polar surface area (TPSA) is 40.9 Å². The molecule has 0 saturated heterocycles. The number of nitrogens with zero attached hydrogens (tertiary/aromatic N) is 1. The first kappa shape index (κ1) is 13.5. The van der Waals surface area contributed by atoms with Gasteiger partial charge in [-0.25, -0.2) is 4.39 Å². The van der Waals surface area contributed by atoms with Gasteiger partial charge in [-0.3, -0.25) is 4.79 Å². The molecule has 90 valence electrons. The second kappa shape index (κ2) is 4.72. The van der Waals surface area contributed by atoms with E-state index in [4.69, 9.17) is 16.9 Å². The second-order valence-electron chi connectivity index (χ2n) is 3.02. The van der Waals surface area contributed by atoms with Gasteiger partial charge in [0.25, 0.3) is 0 Å². The molecule has 17 heavy (non-hydrogen) atoms. The largest absolute Gasteiger partial charge is 0.419 e. The first-order chi connectivity index (χ1) is 7.82. The number of nitriles is 1. The minimum Gasteiger partial charge on any atom is -0.293 e. The van der Waals surface area contributed by atoms with Crippen molar-refractivity contribution in [2.24, 2.45) is 0 Å². The Morgan fingerprint density at radius 2 is 2.00 bits per heavy atom. The van der Waals surface area contributed by atoms with E-state index in [1.807, 2.05) is 0 Å². The van der Waals surface area contributed by atoms with Crippen LogP contribution in [0.3, 0.4) is 0 Å². The van der Waals surface area contributed by atoms with Gasteiger partial charge in [0, 0.05) is 5.56 Å². The Morgan fingerprint density at radius 1 is 1.41 bits per heavy atom. The molecule has 1 rings (SSSR count). The van der Waals surface area contributed by atoms with Crippen LogP contribution in [0, 0.1) is 17.1 Å². The molecule has 0 unspecified atom stereocenters. The van der Waals surface area contributed by atoms with E-state index < -0.39 is 40.3 Å². The number of halogens is 5. The molecule has 0 radical (unpaired) electrons. The van der Waals surface area contributed by atoms with Gasteiger partial charge in [-0.15, -0.1) is 11.6 Å². The van der Waals surface area contributed by atoms with Crippen molar-refractivity contribution in [2.45, 2.75) is 6.18 Å². The Kier molecular flexibility index (Phi) is 3.73. The quantitative estimate of drug-likeness (QED) is 0.468. The van der Waals surface area contributed by atoms with Gasteiger partial charge in [0.15, 0.2) is 11.6 Å². The fraction of sp³-hybridized carbons (Fsp3) is 0.200. The molecule has 0 bridgehead atoms. The van der Waals surface area contributed by atoms with Crippen molar-refractivity contribution in [3.05, 3.63) is 34.6 Å². The Balaban J connectivity index is 3.60. The van der Waals surface area contributed by atoms with Crippen LogP contribution < -0.4 is 0 Å². The third-order valence-corrected chi connectivity index (χ3v) is 2.21. The predicted octanol–water partition coefficient (Wildman–Crippen LogP) is 3.14. The van der Waals surface area contributed by atoms with Crippen molar-refractivity contribution in [3.8, 4) is 6.07 Å². The summed E-state index contributed by atoms with van der Waals surface area (Å²) < 4.78 is 51.1. The minimum absolute atomic E-state index is 0.700. The number of alkyl halides is 4. The lowest BCUT2D eigenvalue weighted by molar-refractivity contribution is -0.140. The summed E-state index contributed by atoms with van der Waals surface area (Å²) in [5, 5.41) is 8.43. The van der Waals surface area contributed by atoms with Gasteiger partial charge in [0.05, 0.1) is 11.4 Å². The molecule has 0 N–H and O–H groups in total. The SMILES string of the molecule is N#Cc1ccc(C(=O)CCl)c(C(F)(F)F)c1F. The van der Waals surface area contributed by atoms with E-state index in [1.54, 1.807) is 0 Å². The molecule has 0 aliphatic heterocycles. The van der Waals surface area contributed by atoms with Crippen molar-refractivity contribution < 1.29 is 22.4 Å². The number of carbonyl (C=O) groups excluding carboxylic acids is 1. The average Bonchev–Trinajstić information content (AvgIpc) is 2.25. The molecule has 0 atom stereocenters. The molecule has 0 saturated carbocycles. The lowest BCUT2D eigenvalue weighted by Crippen LogP contribution is -2.17. The van der Waals surface area contributed by atoms with Crippen molar-refractivity contribution >= 4 is 17.4 Å². The molecular weight excluding hydrogens is 262 g/mol. The molecule has 0 aliphatic rings. The summed E-state index contributed by atoms with van der Waals surface area (Å²) in [5.41, 5.74) is -3.39. The molecule has 0 aromatic heterocycles. The fourth-order valence-electron chi connectivity index (χ4n) is 1.24. The van der Waals surface area contributed by atoms with Crippen LogP contribution in [-0.4, -0.2) is 11.7 Å². The van der Waals surface area contributed by atoms with E-state index in [-0.39, 0.29) is 0 Å². The van der Waals surface area contributed by atoms with Crippen molar-refractivity contribution in [2.75, 3.05) is 5.88 Å². The Labute approximate surface area is 98.4 Å². The third-order valence-electron chi connectivity index (χ3n) is 1.97. The normalized spacial score (nSPS) is 11.1. The van der Waals surface area contributed by atoms with Crippen LogP contribution in [0.1, 0.15) is 21.5 Å². The molecule has 2 nitrogen and oxygen atoms in total. The maximum atomic E-state index is 13.4. The smallest absolute Gasteiger partial charge is 0.293 e. The van der Waals surface area contributed by atoms with Gasteiger partial charge in [-0.2, -0.15) is 18.4 Å². The second-order valence-corrected chi connectivity index (χ2v) is 3.28. The van der Waals surface area contributed by atoms with Crippen LogP contribution >= 0.6 is 11.6 Å². The summed E-state index contributed by atoms with van der Waals surface area (Å²) in [7, 11) is 0. The maximum absolute atomic E-state index is 13.4. The summed E-state index contributed by atoms with van der Waals surface area (Å²) >= 11 is 5.13. The lowest BCUT2D eigenvalue weighted by atomic mass is 10.00. The number of rotatable bonds is 2. The highest BCUT2D eigenvalue weighted by molar-refractivity contribution is 6.30. The van der Waals surface area contributed by atoms with Crippen molar-refractivity contribution in [1.82, 2.24) is 0 Å². The van der Waals surface area contributed by atoms with E-state index in [0.717, 1.165) is 12.1 Å². The molecule has 7 heteroatoms. The van der Waals surface area contributed by atoms with E-state index >= 15 is 0 Å². The monoisotopic (exact) mass is 265 g/mol. The summed E-state index contributed by atoms with van der Waals surface area (Å²) in [6, 6.07) is 2.83. The molecule has 0 spiro atoms. The van der Waals surface area contributed by atoms with Crippen LogP contribution in [0.2, 0.25) is 0 Å². The lowest BCUT2D eigenvalue weighted by Gasteiger charge is -2.12. The number of hydrogen-bond donors (Lipinski definition) is 0. The minimum atomic E-state index is -5.06. The summed E-state index contributed by atoms with van der Waals surface area (Å²) in [6.07, 6.45) is -5.06. The zero-order valence-corrected chi connectivity index (χ0v) is 8.86. The van der Waals surface area contributed by atoms with Gasteiger partial charge in [0.1, 0.15) is 11.6 Å². The Morgan fingerprint density at radius 3 is 2.41 bits per heavy atom. The van der Waals surface area contributed by atoms with Crippen LogP contribution in [0.15, 0.2) is 12.1 Å². The number of benzene rings is 1. The number of ketones is 1. The number of hydrogen-bond acceptors (Lipinski definition) is 2. The van der Waals surface area contributed by atoms with E-state index in [2.05, 4.69) is 0 Å². The number of carbonyl (C=O) groups is 1. The molecule has 0 aliphatic carbocycles. The molecule has 1 aromatic carbocycles. The summed E-state index contributed by atoms with van der Waals surface area (Å²) in [5.74, 6) is -3.51. The molecule has 0 amide bonds. The van der Waals surface area contributed by atoms with Gasteiger partial charge in [-0.1, -0.05) is 0 Å². The van der Waals surface area contributed by atoms with Crippen LogP contribution in [-0.2, 0) is 6.18 Å². The first-order valence-electron chi connectivity index (χ1n) is 4.22. The van der Waals surface area contributed by atoms with Crippen LogP contribution in [0.5, 0.6) is 0 Å². The molecule has 1 aromatic rings. The predicted molar refractivity (Wildman–Crippen MR) is 51.2 cm³/mol. The van der Waals surface area contributed by atoms with Crippen molar-refractivity contribution in [1.29, 1.82) is 5.26 Å². The maximum Gasteiger partial charge on any atom is 0.419 e. The molecule has 0 heterocycles. The van der Waals surface area contributed by atoms with E-state index in [1.165, 1.54) is 6.07 Å². The van der Waals surface area contributed by atoms with Gasteiger partial charge in [0.2, 0.25) is 0 Å². The zero-order valence-electron chi connectivity index (χ0n) is 8.11. The Hall–Kier alpha value is -1.61. The van der Waals surface area contributed by atoms with Crippen LogP contribution in [0.4, 0.5) is 17.6 Å². The van der Waals surface area contributed by atoms with Gasteiger partial charge < -0.3 is 0 Å². The number of Topliss-reactive ketones (excluding diaryl/α,β-unsaturated/α-hetero) is 1. The summed E-state index contributed by atoms with van der Waals surface area (Å²) in [4.78, 5) is 11.2. The highest BCUT2D eigenvalue weighted by Gasteiger charge is 2.39. The Bertz CT molecular complexity index is 504. The van der Waals surface area contributed by atoms with Gasteiger partial charge in [-0.05, 0) is 12.1 Å². The van der Waals surface area contributed by atoms with Crippen molar-refractivity contribution in [3.63, 3.8) is 0 Å². The first-order valence-corrected chi connectivity index (χ1v) is 4.75. The van der Waals surface area contributed by atoms with Crippen LogP contribution in [0.25, 0.3) is 0 Å². The standard InChI is InChI=1S/C10H4ClF4NO/c11-3-7(17)6-2-1-5(4-16)9(12)8(6)10(13,14)15/h1-2H,3H2. The molecule has 0 fully saturated rings. The zero-order chi connectivity index (χ0) is 13.2. The van der Waals surface area contributed by atoms with E-state index in [0.29, 0.717) is 0 Å². The third kappa shape index (κ3) is 2.56. The molecular formula is C10H4ClF4NO. The highest BCUT2D eigenvalue weighted by atomic mass is 35.5. The van der Waals surface area contributed by atoms with Gasteiger partial charge >= 0.3 is 6.18 Å². The fourth-order valence-corrected chi connectivity index (χ4v) is 1.39. The summed E-state index contributed by atoms with van der Waals surface area (Å²) in [6.45, 7) is 0. The van der Waals surface area contributed by atoms with E-state index in [9.17, 15) is 22.4 Å². The average molecular weight is 266 g/mol. The highest BCUT2D eigenvalue weighted by Crippen LogP contribution is 2.35.